The van der Waals surface area contributed by atoms with Gasteiger partial charge in [0.1, 0.15) is 5.69 Å². The average Bonchev–Trinajstić information content (AvgIpc) is 3.39. The Morgan fingerprint density at radius 1 is 1.00 bits per heavy atom. The van der Waals surface area contributed by atoms with E-state index in [9.17, 15) is 8.42 Å². The highest BCUT2D eigenvalue weighted by molar-refractivity contribution is 7.89. The summed E-state index contributed by atoms with van der Waals surface area (Å²) in [5.74, 6) is 0. The van der Waals surface area contributed by atoms with Gasteiger partial charge in [0.2, 0.25) is 10.0 Å². The molecule has 0 saturated carbocycles. The Morgan fingerprint density at radius 3 is 2.74 bits per heavy atom. The number of nitrogens with zero attached hydrogens (tertiary/aromatic N) is 3. The van der Waals surface area contributed by atoms with Gasteiger partial charge >= 0.3 is 0 Å². The summed E-state index contributed by atoms with van der Waals surface area (Å²) in [7, 11) is -3.50. The molecule has 2 aliphatic rings. The second-order valence-corrected chi connectivity index (χ2v) is 10.1. The van der Waals surface area contributed by atoms with E-state index in [1.165, 1.54) is 11.1 Å². The molecular formula is C20H21N3O2S2. The minimum Gasteiger partial charge on any atom is -0.268 e. The molecule has 1 aliphatic heterocycles. The maximum atomic E-state index is 13.3. The summed E-state index contributed by atoms with van der Waals surface area (Å²) in [6, 6.07) is 11.7. The fourth-order valence-electron chi connectivity index (χ4n) is 4.04. The Balaban J connectivity index is 1.47. The van der Waals surface area contributed by atoms with Crippen LogP contribution < -0.4 is 0 Å². The number of aromatic nitrogens is 2. The van der Waals surface area contributed by atoms with E-state index in [4.69, 9.17) is 5.10 Å². The molecule has 0 radical (unpaired) electrons. The minimum atomic E-state index is -3.50. The van der Waals surface area contributed by atoms with Crippen LogP contribution >= 0.6 is 11.3 Å². The van der Waals surface area contributed by atoms with Crippen LogP contribution in [0, 0.1) is 0 Å². The molecule has 0 N–H and O–H groups in total. The molecule has 0 spiro atoms. The molecule has 2 aromatic heterocycles. The molecule has 27 heavy (non-hydrogen) atoms. The third-order valence-corrected chi connectivity index (χ3v) is 8.19. The zero-order valence-electron chi connectivity index (χ0n) is 15.0. The Hall–Kier alpha value is -1.96. The molecule has 5 rings (SSSR count). The average molecular weight is 400 g/mol. The van der Waals surface area contributed by atoms with Crippen molar-refractivity contribution in [2.24, 2.45) is 0 Å². The third kappa shape index (κ3) is 3.03. The number of fused-ring (bicyclic) bond motifs is 2. The van der Waals surface area contributed by atoms with Crippen molar-refractivity contribution in [2.75, 3.05) is 6.54 Å². The Kier molecular flexibility index (Phi) is 4.18. The lowest BCUT2D eigenvalue weighted by molar-refractivity contribution is 0.410. The van der Waals surface area contributed by atoms with Crippen molar-refractivity contribution in [1.29, 1.82) is 0 Å². The van der Waals surface area contributed by atoms with E-state index in [2.05, 4.69) is 0 Å². The summed E-state index contributed by atoms with van der Waals surface area (Å²) in [5.41, 5.74) is 4.37. The summed E-state index contributed by atoms with van der Waals surface area (Å²) in [6.07, 6.45) is 3.93. The molecule has 7 heteroatoms. The van der Waals surface area contributed by atoms with Gasteiger partial charge in [-0.15, -0.1) is 11.3 Å². The van der Waals surface area contributed by atoms with E-state index < -0.39 is 10.0 Å². The quantitative estimate of drug-likeness (QED) is 0.675. The van der Waals surface area contributed by atoms with Crippen LogP contribution in [0.15, 0.2) is 46.7 Å². The van der Waals surface area contributed by atoms with Crippen molar-refractivity contribution in [2.45, 2.75) is 43.7 Å². The molecule has 0 fully saturated rings. The molecule has 5 nitrogen and oxygen atoms in total. The SMILES string of the molecule is O=S(=O)(c1ccc2c(c1)CCC2)N1CCCn2nc(-c3cccs3)cc2C1. The molecule has 0 amide bonds. The predicted octanol–water partition coefficient (Wildman–Crippen LogP) is 3.69. The molecule has 0 bridgehead atoms. The lowest BCUT2D eigenvalue weighted by Gasteiger charge is -2.20. The summed E-state index contributed by atoms with van der Waals surface area (Å²) in [5, 5.41) is 6.73. The number of rotatable bonds is 3. The maximum Gasteiger partial charge on any atom is 0.243 e. The van der Waals surface area contributed by atoms with Crippen LogP contribution in [0.2, 0.25) is 0 Å². The fourth-order valence-corrected chi connectivity index (χ4v) is 6.22. The van der Waals surface area contributed by atoms with Crippen LogP contribution in [0.5, 0.6) is 0 Å². The zero-order valence-corrected chi connectivity index (χ0v) is 16.6. The molecular weight excluding hydrogens is 378 g/mol. The number of hydrogen-bond acceptors (Lipinski definition) is 4. The number of thiophene rings is 1. The monoisotopic (exact) mass is 399 g/mol. The maximum absolute atomic E-state index is 13.3. The highest BCUT2D eigenvalue weighted by Gasteiger charge is 2.29. The van der Waals surface area contributed by atoms with Crippen molar-refractivity contribution in [1.82, 2.24) is 14.1 Å². The Morgan fingerprint density at radius 2 is 1.89 bits per heavy atom. The Labute approximate surface area is 163 Å². The zero-order chi connectivity index (χ0) is 18.4. The molecule has 1 aliphatic carbocycles. The highest BCUT2D eigenvalue weighted by Crippen LogP contribution is 2.29. The van der Waals surface area contributed by atoms with Crippen molar-refractivity contribution in [3.8, 4) is 10.6 Å². The van der Waals surface area contributed by atoms with Crippen molar-refractivity contribution >= 4 is 21.4 Å². The van der Waals surface area contributed by atoms with Gasteiger partial charge in [0, 0.05) is 13.1 Å². The normalized spacial score (nSPS) is 17.5. The first-order chi connectivity index (χ1) is 13.1. The number of benzene rings is 1. The summed E-state index contributed by atoms with van der Waals surface area (Å²) in [6.45, 7) is 1.64. The van der Waals surface area contributed by atoms with Gasteiger partial charge in [0.25, 0.3) is 0 Å². The van der Waals surface area contributed by atoms with E-state index in [0.717, 1.165) is 48.5 Å². The van der Waals surface area contributed by atoms with Gasteiger partial charge in [-0.3, -0.25) is 4.68 Å². The van der Waals surface area contributed by atoms with E-state index >= 15 is 0 Å². The smallest absolute Gasteiger partial charge is 0.243 e. The fraction of sp³-hybridized carbons (Fsp3) is 0.350. The van der Waals surface area contributed by atoms with Crippen LogP contribution in [0.25, 0.3) is 10.6 Å². The van der Waals surface area contributed by atoms with Gasteiger partial charge in [-0.2, -0.15) is 9.40 Å². The minimum absolute atomic E-state index is 0.373. The van der Waals surface area contributed by atoms with E-state index in [0.29, 0.717) is 18.0 Å². The topological polar surface area (TPSA) is 55.2 Å². The second-order valence-electron chi connectivity index (χ2n) is 7.20. The molecule has 3 aromatic rings. The van der Waals surface area contributed by atoms with Crippen LogP contribution in [-0.2, 0) is 36.0 Å². The van der Waals surface area contributed by atoms with Gasteiger partial charge in [-0.1, -0.05) is 12.1 Å². The van der Waals surface area contributed by atoms with Gasteiger partial charge in [-0.25, -0.2) is 8.42 Å². The van der Waals surface area contributed by atoms with Crippen molar-refractivity contribution in [3.05, 3.63) is 58.6 Å². The molecule has 0 unspecified atom stereocenters. The lowest BCUT2D eigenvalue weighted by Crippen LogP contribution is -2.31. The molecule has 3 heterocycles. The number of sulfonamides is 1. The first-order valence-corrected chi connectivity index (χ1v) is 11.7. The van der Waals surface area contributed by atoms with Gasteiger partial charge in [0.15, 0.2) is 0 Å². The van der Waals surface area contributed by atoms with Crippen LogP contribution in [0.4, 0.5) is 0 Å². The molecule has 1 aromatic carbocycles. The van der Waals surface area contributed by atoms with E-state index in [1.54, 1.807) is 21.7 Å². The number of hydrogen-bond donors (Lipinski definition) is 0. The standard InChI is InChI=1S/C20H21N3O2S2/c24-27(25,18-8-7-15-4-1-5-16(15)12-18)22-9-3-10-23-17(14-22)13-19(21-23)20-6-2-11-26-20/h2,6-8,11-13H,1,3-5,9-10,14H2. The first kappa shape index (κ1) is 17.2. The van der Waals surface area contributed by atoms with Crippen LogP contribution in [0.3, 0.4) is 0 Å². The van der Waals surface area contributed by atoms with Crippen molar-refractivity contribution in [3.63, 3.8) is 0 Å². The van der Waals surface area contributed by atoms with Gasteiger partial charge < -0.3 is 0 Å². The second kappa shape index (κ2) is 6.58. The lowest BCUT2D eigenvalue weighted by atomic mass is 10.1. The molecule has 0 atom stereocenters. The van der Waals surface area contributed by atoms with Gasteiger partial charge in [0.05, 0.1) is 22.0 Å². The largest absolute Gasteiger partial charge is 0.268 e. The summed E-state index contributed by atoms with van der Waals surface area (Å²) < 4.78 is 30.1. The first-order valence-electron chi connectivity index (χ1n) is 9.34. The Bertz CT molecular complexity index is 1080. The van der Waals surface area contributed by atoms with Crippen LogP contribution in [-0.4, -0.2) is 29.0 Å². The van der Waals surface area contributed by atoms with Crippen LogP contribution in [0.1, 0.15) is 29.7 Å². The number of aryl methyl sites for hydroxylation is 3. The predicted molar refractivity (Wildman–Crippen MR) is 106 cm³/mol. The van der Waals surface area contributed by atoms with E-state index in [-0.39, 0.29) is 0 Å². The molecule has 0 saturated heterocycles. The third-order valence-electron chi connectivity index (χ3n) is 5.46. The molecule has 140 valence electrons. The van der Waals surface area contributed by atoms with Gasteiger partial charge in [-0.05, 0) is 66.5 Å². The van der Waals surface area contributed by atoms with Crippen molar-refractivity contribution < 1.29 is 8.42 Å². The van der Waals surface area contributed by atoms with E-state index in [1.807, 2.05) is 40.4 Å². The summed E-state index contributed by atoms with van der Waals surface area (Å²) >= 11 is 1.65. The summed E-state index contributed by atoms with van der Waals surface area (Å²) in [4.78, 5) is 1.54. The highest BCUT2D eigenvalue weighted by atomic mass is 32.2.